The molecule has 0 radical (unpaired) electrons. The number of nitrogens with one attached hydrogen (secondary N) is 1. The Morgan fingerprint density at radius 1 is 1.19 bits per heavy atom. The number of methoxy groups -OCH3 is 3. The predicted octanol–water partition coefficient (Wildman–Crippen LogP) is 1.14. The first-order valence-corrected chi connectivity index (χ1v) is 8.29. The van der Waals surface area contributed by atoms with E-state index in [4.69, 9.17) is 14.2 Å². The maximum atomic E-state index is 13.0. The molecule has 0 bridgehead atoms. The Morgan fingerprint density at radius 3 is 2.62 bits per heavy atom. The van der Waals surface area contributed by atoms with Gasteiger partial charge in [-0.2, -0.15) is 0 Å². The van der Waals surface area contributed by atoms with E-state index in [0.717, 1.165) is 0 Å². The largest absolute Gasteiger partial charge is 0.493 e. The van der Waals surface area contributed by atoms with E-state index in [2.05, 4.69) is 5.32 Å². The summed E-state index contributed by atoms with van der Waals surface area (Å²) in [5, 5.41) is 2.90. The number of carbonyl (C=O) groups excluding carboxylic acids is 2. The van der Waals surface area contributed by atoms with Crippen LogP contribution in [0.4, 0.5) is 4.79 Å². The fourth-order valence-electron chi connectivity index (χ4n) is 3.38. The number of para-hydroxylation sites is 1. The predicted molar refractivity (Wildman–Crippen MR) is 94.1 cm³/mol. The van der Waals surface area contributed by atoms with Gasteiger partial charge in [0.25, 0.3) is 5.91 Å². The molecule has 8 nitrogen and oxygen atoms in total. The van der Waals surface area contributed by atoms with Crippen molar-refractivity contribution in [1.82, 2.24) is 15.1 Å². The quantitative estimate of drug-likeness (QED) is 0.822. The molecular formula is C18H23N3O5. The molecule has 1 aromatic carbocycles. The summed E-state index contributed by atoms with van der Waals surface area (Å²) < 4.78 is 15.9. The molecule has 1 unspecified atom stereocenters. The monoisotopic (exact) mass is 361 g/mol. The topological polar surface area (TPSA) is 80.3 Å². The van der Waals surface area contributed by atoms with Crippen molar-refractivity contribution in [3.8, 4) is 11.5 Å². The Hall–Kier alpha value is -2.74. The highest BCUT2D eigenvalue weighted by atomic mass is 16.5. The minimum atomic E-state index is -0.598. The minimum absolute atomic E-state index is 0.112. The first-order valence-electron chi connectivity index (χ1n) is 8.29. The van der Waals surface area contributed by atoms with E-state index >= 15 is 0 Å². The summed E-state index contributed by atoms with van der Waals surface area (Å²) in [5.41, 5.74) is 1.93. The van der Waals surface area contributed by atoms with Crippen LogP contribution in [0.15, 0.2) is 29.5 Å². The lowest BCUT2D eigenvalue weighted by Crippen LogP contribution is -2.45. The molecule has 3 amide bonds. The molecule has 140 valence electrons. The highest BCUT2D eigenvalue weighted by Gasteiger charge is 2.43. The van der Waals surface area contributed by atoms with E-state index in [1.165, 1.54) is 12.0 Å². The summed E-state index contributed by atoms with van der Waals surface area (Å²) in [5.74, 6) is 0.931. The van der Waals surface area contributed by atoms with Crippen LogP contribution in [0.25, 0.3) is 0 Å². The van der Waals surface area contributed by atoms with E-state index < -0.39 is 6.04 Å². The van der Waals surface area contributed by atoms with Crippen molar-refractivity contribution in [1.29, 1.82) is 0 Å². The van der Waals surface area contributed by atoms with Gasteiger partial charge >= 0.3 is 6.03 Å². The summed E-state index contributed by atoms with van der Waals surface area (Å²) >= 11 is 0. The highest BCUT2D eigenvalue weighted by Crippen LogP contribution is 2.42. The van der Waals surface area contributed by atoms with Crippen LogP contribution >= 0.6 is 0 Å². The third kappa shape index (κ3) is 2.86. The third-order valence-corrected chi connectivity index (χ3v) is 4.74. The molecule has 1 aromatic rings. The van der Waals surface area contributed by atoms with Crippen molar-refractivity contribution in [2.75, 3.05) is 48.1 Å². The first kappa shape index (κ1) is 18.1. The summed E-state index contributed by atoms with van der Waals surface area (Å²) in [6.07, 6.45) is 0. The second-order valence-corrected chi connectivity index (χ2v) is 6.10. The molecule has 1 N–H and O–H groups in total. The van der Waals surface area contributed by atoms with E-state index in [-0.39, 0.29) is 11.9 Å². The van der Waals surface area contributed by atoms with Gasteiger partial charge in [-0.3, -0.25) is 9.69 Å². The molecule has 1 atom stereocenters. The summed E-state index contributed by atoms with van der Waals surface area (Å²) in [7, 11) is 6.34. The number of hydrogen-bond acceptors (Lipinski definition) is 5. The van der Waals surface area contributed by atoms with Gasteiger partial charge in [0.05, 0.1) is 44.7 Å². The number of likely N-dealkylation sites (N-methyl/N-ethyl adjacent to an activating group) is 1. The molecule has 2 aliphatic rings. The van der Waals surface area contributed by atoms with Crippen molar-refractivity contribution < 1.29 is 23.8 Å². The van der Waals surface area contributed by atoms with Gasteiger partial charge < -0.3 is 24.4 Å². The Morgan fingerprint density at radius 2 is 1.96 bits per heavy atom. The Labute approximate surface area is 152 Å². The number of urea groups is 1. The van der Waals surface area contributed by atoms with Crippen LogP contribution in [0, 0.1) is 0 Å². The third-order valence-electron chi connectivity index (χ3n) is 4.74. The lowest BCUT2D eigenvalue weighted by Gasteiger charge is -2.31. The standard InChI is InChI=1S/C18H23N3O5/c1-20-12-10-21(8-9-24-2)17(22)14(12)15(19-18(20)23)11-6-5-7-13(25-3)16(11)26-4/h5-7,15H,8-10H2,1-4H3,(H,19,23). The minimum Gasteiger partial charge on any atom is -0.493 e. The average molecular weight is 361 g/mol. The molecule has 3 rings (SSSR count). The van der Waals surface area contributed by atoms with Gasteiger partial charge in [0, 0.05) is 26.3 Å². The Balaban J connectivity index is 2.05. The van der Waals surface area contributed by atoms with Crippen molar-refractivity contribution in [2.24, 2.45) is 0 Å². The van der Waals surface area contributed by atoms with Crippen LogP contribution in [-0.2, 0) is 9.53 Å². The summed E-state index contributed by atoms with van der Waals surface area (Å²) in [6, 6.07) is 4.55. The molecule has 0 spiro atoms. The van der Waals surface area contributed by atoms with Crippen molar-refractivity contribution in [3.63, 3.8) is 0 Å². The van der Waals surface area contributed by atoms with Gasteiger partial charge in [-0.25, -0.2) is 4.79 Å². The van der Waals surface area contributed by atoms with Crippen molar-refractivity contribution >= 4 is 11.9 Å². The number of hydrogen-bond donors (Lipinski definition) is 1. The number of nitrogens with zero attached hydrogens (tertiary/aromatic N) is 2. The van der Waals surface area contributed by atoms with Gasteiger partial charge in [-0.15, -0.1) is 0 Å². The van der Waals surface area contributed by atoms with Crippen LogP contribution in [0.3, 0.4) is 0 Å². The zero-order chi connectivity index (χ0) is 18.8. The fourth-order valence-corrected chi connectivity index (χ4v) is 3.38. The lowest BCUT2D eigenvalue weighted by molar-refractivity contribution is -0.126. The molecule has 0 fully saturated rings. The van der Waals surface area contributed by atoms with Gasteiger partial charge in [0.1, 0.15) is 0 Å². The lowest BCUT2D eigenvalue weighted by atomic mass is 9.94. The number of benzene rings is 1. The van der Waals surface area contributed by atoms with Crippen molar-refractivity contribution in [3.05, 3.63) is 35.0 Å². The molecule has 2 heterocycles. The molecule has 2 aliphatic heterocycles. The van der Waals surface area contributed by atoms with Crippen LogP contribution < -0.4 is 14.8 Å². The molecular weight excluding hydrogens is 338 g/mol. The fraction of sp³-hybridized carbons (Fsp3) is 0.444. The summed E-state index contributed by atoms with van der Waals surface area (Å²) in [4.78, 5) is 28.6. The maximum absolute atomic E-state index is 13.0. The van der Waals surface area contributed by atoms with Crippen LogP contribution in [0.1, 0.15) is 11.6 Å². The average Bonchev–Trinajstić information content (AvgIpc) is 2.99. The zero-order valence-electron chi connectivity index (χ0n) is 15.4. The van der Waals surface area contributed by atoms with E-state index in [0.29, 0.717) is 48.0 Å². The number of amides is 3. The molecule has 26 heavy (non-hydrogen) atoms. The highest BCUT2D eigenvalue weighted by molar-refractivity contribution is 6.01. The molecule has 0 saturated heterocycles. The van der Waals surface area contributed by atoms with E-state index in [1.54, 1.807) is 32.2 Å². The number of rotatable bonds is 6. The smallest absolute Gasteiger partial charge is 0.322 e. The molecule has 0 saturated carbocycles. The Bertz CT molecular complexity index is 761. The molecule has 0 aromatic heterocycles. The zero-order valence-corrected chi connectivity index (χ0v) is 15.4. The van der Waals surface area contributed by atoms with E-state index in [9.17, 15) is 9.59 Å². The molecule has 0 aliphatic carbocycles. The Kier molecular flexibility index (Phi) is 5.03. The molecule has 8 heteroatoms. The van der Waals surface area contributed by atoms with Gasteiger partial charge in [0.15, 0.2) is 11.5 Å². The van der Waals surface area contributed by atoms with Gasteiger partial charge in [-0.05, 0) is 6.07 Å². The number of carbonyl (C=O) groups is 2. The maximum Gasteiger partial charge on any atom is 0.322 e. The van der Waals surface area contributed by atoms with Gasteiger partial charge in [0.2, 0.25) is 0 Å². The number of ether oxygens (including phenoxy) is 3. The van der Waals surface area contributed by atoms with E-state index in [1.807, 2.05) is 12.1 Å². The SMILES string of the molecule is COCCN1CC2=C(C1=O)C(c1cccc(OC)c1OC)NC(=O)N2C. The van der Waals surface area contributed by atoms with Crippen LogP contribution in [-0.4, -0.2) is 69.8 Å². The van der Waals surface area contributed by atoms with Crippen LogP contribution in [0.5, 0.6) is 11.5 Å². The van der Waals surface area contributed by atoms with Crippen molar-refractivity contribution in [2.45, 2.75) is 6.04 Å². The summed E-state index contributed by atoms with van der Waals surface area (Å²) in [6.45, 7) is 1.28. The van der Waals surface area contributed by atoms with Crippen LogP contribution in [0.2, 0.25) is 0 Å². The second kappa shape index (κ2) is 7.25. The first-order chi connectivity index (χ1) is 12.5. The second-order valence-electron chi connectivity index (χ2n) is 6.10. The van der Waals surface area contributed by atoms with Gasteiger partial charge in [-0.1, -0.05) is 12.1 Å². The normalized spacial score (nSPS) is 19.6.